The Hall–Kier alpha value is -0.877. The van der Waals surface area contributed by atoms with Crippen LogP contribution in [-0.4, -0.2) is 3.21 Å². The first-order valence-electron chi connectivity index (χ1n) is 16.6. The van der Waals surface area contributed by atoms with E-state index in [2.05, 4.69) is 152 Å². The topological polar surface area (TPSA) is 0 Å². The maximum absolute atomic E-state index is 3.26. The Morgan fingerprint density at radius 3 is 2.04 bits per heavy atom. The SMILES string of the molecule is CC1[C-]=CC(C(C)(C)C)=C1.C[C-]1C2=C3Cc4ccccc4C3=C3C=CCCC3C2(C)C(C)(C)C(C)(C)C1(C)C.C[C](C)=[Zr+2].[Cl-].[Cl-]. The van der Waals surface area contributed by atoms with Gasteiger partial charge in [-0.05, 0) is 40.6 Å². The largest absolute Gasteiger partial charge is 1.00 e. The minimum Gasteiger partial charge on any atom is -1.00 e. The molecule has 5 aliphatic rings. The van der Waals surface area contributed by atoms with Crippen molar-refractivity contribution in [3.8, 4) is 0 Å². The van der Waals surface area contributed by atoms with Crippen molar-refractivity contribution in [3.05, 3.63) is 94.0 Å². The third-order valence-corrected chi connectivity index (χ3v) is 12.6. The predicted molar refractivity (Wildman–Crippen MR) is 185 cm³/mol. The Bertz CT molecular complexity index is 1430. The summed E-state index contributed by atoms with van der Waals surface area (Å²) < 4.78 is 1.51. The summed E-state index contributed by atoms with van der Waals surface area (Å²) in [5.41, 5.74) is 12.0. The number of benzene rings is 1. The number of hydrogen-bond acceptors (Lipinski definition) is 0. The van der Waals surface area contributed by atoms with Crippen molar-refractivity contribution >= 4 is 8.78 Å². The smallest absolute Gasteiger partial charge is 1.00 e. The van der Waals surface area contributed by atoms with E-state index in [9.17, 15) is 0 Å². The Morgan fingerprint density at radius 2 is 1.53 bits per heavy atom. The molecule has 5 aliphatic carbocycles. The first-order valence-corrected chi connectivity index (χ1v) is 17.8. The molecule has 0 saturated heterocycles. The summed E-state index contributed by atoms with van der Waals surface area (Å²) in [6.07, 6.45) is 16.2. The maximum Gasteiger partial charge on any atom is -1.00 e. The molecule has 0 nitrogen and oxygen atoms in total. The van der Waals surface area contributed by atoms with Gasteiger partial charge in [-0.3, -0.25) is 6.08 Å². The molecule has 0 aliphatic heterocycles. The molecule has 1 aromatic carbocycles. The molecule has 3 atom stereocenters. The molecule has 45 heavy (non-hydrogen) atoms. The van der Waals surface area contributed by atoms with Crippen LogP contribution >= 0.6 is 0 Å². The van der Waals surface area contributed by atoms with E-state index < -0.39 is 0 Å². The Morgan fingerprint density at radius 1 is 0.956 bits per heavy atom. The maximum atomic E-state index is 3.26. The standard InChI is InChI=1S/C29H37.C10H15.C3H6.2ClH.Zr/c1-18-25-22-17-19-13-9-10-14-20(19)24(22)21-15-11-12-16-23(21)29(25,8)28(6,7)27(4,5)26(18,2)3;1-8-5-6-9(7-8)10(2,3)4;1-3-2;;;/h9-11,13-15,23H,12,16-17H2,1-8H3;6-8H,1-4H3;1-2H3;2*1H;/q2*-1;;;;+2/p-2. The molecular formula is C42H58Cl2Zr-2. The quantitative estimate of drug-likeness (QED) is 0.302. The monoisotopic (exact) mass is 722 g/mol. The zero-order chi connectivity index (χ0) is 32.3. The first kappa shape index (κ1) is 40.3. The van der Waals surface area contributed by atoms with Crippen molar-refractivity contribution in [2.45, 2.75) is 116 Å². The predicted octanol–water partition coefficient (Wildman–Crippen LogP) is 5.69. The van der Waals surface area contributed by atoms with Crippen LogP contribution < -0.4 is 24.8 Å². The first-order chi connectivity index (χ1) is 19.7. The minimum atomic E-state index is 0. The molecule has 0 heterocycles. The second-order valence-corrected chi connectivity index (χ2v) is 19.2. The molecule has 0 amide bonds. The average molecular weight is 725 g/mol. The van der Waals surface area contributed by atoms with Crippen LogP contribution in [0.5, 0.6) is 0 Å². The van der Waals surface area contributed by atoms with Gasteiger partial charge in [0.1, 0.15) is 0 Å². The van der Waals surface area contributed by atoms with Gasteiger partial charge in [0.2, 0.25) is 0 Å². The Balaban J connectivity index is 0.000000371. The molecule has 3 unspecified atom stereocenters. The number of rotatable bonds is 0. The fraction of sp³-hybridized carbons (Fsp3) is 0.571. The third-order valence-electron chi connectivity index (χ3n) is 12.6. The fourth-order valence-corrected chi connectivity index (χ4v) is 8.62. The van der Waals surface area contributed by atoms with Gasteiger partial charge in [-0.15, -0.1) is 6.92 Å². The number of fused-ring (bicyclic) bond motifs is 6. The summed E-state index contributed by atoms with van der Waals surface area (Å²) in [7, 11) is 0. The molecule has 0 radical (unpaired) electrons. The average Bonchev–Trinajstić information content (AvgIpc) is 3.51. The van der Waals surface area contributed by atoms with Crippen LogP contribution in [0.15, 0.2) is 70.9 Å². The van der Waals surface area contributed by atoms with E-state index >= 15 is 0 Å². The van der Waals surface area contributed by atoms with Gasteiger partial charge < -0.3 is 24.8 Å². The van der Waals surface area contributed by atoms with Crippen molar-refractivity contribution in [3.63, 3.8) is 0 Å². The van der Waals surface area contributed by atoms with Crippen LogP contribution in [0.1, 0.15) is 121 Å². The van der Waals surface area contributed by atoms with Gasteiger partial charge in [-0.1, -0.05) is 152 Å². The van der Waals surface area contributed by atoms with Gasteiger partial charge in [0.15, 0.2) is 0 Å². The van der Waals surface area contributed by atoms with Crippen LogP contribution in [-0.2, 0) is 30.7 Å². The normalized spacial score (nSPS) is 27.6. The molecule has 3 heteroatoms. The zero-order valence-corrected chi connectivity index (χ0v) is 34.6. The van der Waals surface area contributed by atoms with Gasteiger partial charge in [0.25, 0.3) is 0 Å². The number of halogens is 2. The van der Waals surface area contributed by atoms with Gasteiger partial charge in [0, 0.05) is 0 Å². The molecular weight excluding hydrogens is 667 g/mol. The van der Waals surface area contributed by atoms with E-state index in [1.54, 1.807) is 52.4 Å². The van der Waals surface area contributed by atoms with Crippen LogP contribution in [0.25, 0.3) is 5.57 Å². The van der Waals surface area contributed by atoms with E-state index in [0.717, 1.165) is 6.42 Å². The van der Waals surface area contributed by atoms with Crippen LogP contribution in [0.3, 0.4) is 0 Å². The fourth-order valence-electron chi connectivity index (χ4n) is 8.62. The summed E-state index contributed by atoms with van der Waals surface area (Å²) in [5, 5.41) is 0. The van der Waals surface area contributed by atoms with Gasteiger partial charge in [0.05, 0.1) is 0 Å². The van der Waals surface area contributed by atoms with Crippen molar-refractivity contribution in [2.24, 2.45) is 38.9 Å². The number of allylic oxidation sites excluding steroid dienone is 10. The van der Waals surface area contributed by atoms with Crippen molar-refractivity contribution in [1.29, 1.82) is 0 Å². The minimum absolute atomic E-state index is 0. The molecule has 6 rings (SSSR count). The zero-order valence-electron chi connectivity index (χ0n) is 30.7. The second-order valence-electron chi connectivity index (χ2n) is 16.7. The third kappa shape index (κ3) is 6.60. The van der Waals surface area contributed by atoms with E-state index in [1.165, 1.54) is 32.7 Å². The summed E-state index contributed by atoms with van der Waals surface area (Å²) in [4.78, 5) is 0. The van der Waals surface area contributed by atoms with E-state index in [4.69, 9.17) is 0 Å². The van der Waals surface area contributed by atoms with E-state index in [1.807, 2.05) is 0 Å². The van der Waals surface area contributed by atoms with E-state index in [0.29, 0.717) is 17.3 Å². The molecule has 0 spiro atoms. The molecule has 1 saturated carbocycles. The van der Waals surface area contributed by atoms with Crippen molar-refractivity contribution in [1.82, 2.24) is 0 Å². The second kappa shape index (κ2) is 13.9. The molecule has 0 bridgehead atoms. The van der Waals surface area contributed by atoms with Crippen molar-refractivity contribution < 1.29 is 49.0 Å². The van der Waals surface area contributed by atoms with E-state index in [-0.39, 0.29) is 46.5 Å². The van der Waals surface area contributed by atoms with Gasteiger partial charge in [-0.2, -0.15) is 22.8 Å². The molecule has 1 aromatic rings. The summed E-state index contributed by atoms with van der Waals surface area (Å²) in [5.74, 6) is 2.76. The Kier molecular flexibility index (Phi) is 12.5. The Labute approximate surface area is 304 Å². The molecule has 246 valence electrons. The van der Waals surface area contributed by atoms with Crippen LogP contribution in [0.2, 0.25) is 0 Å². The van der Waals surface area contributed by atoms with Crippen molar-refractivity contribution in [2.75, 3.05) is 0 Å². The van der Waals surface area contributed by atoms with Gasteiger partial charge in [-0.25, -0.2) is 12.0 Å². The number of hydrogen-bond donors (Lipinski definition) is 0. The molecule has 0 aromatic heterocycles. The summed E-state index contributed by atoms with van der Waals surface area (Å²) in [6, 6.07) is 9.16. The molecule has 0 N–H and O–H groups in total. The van der Waals surface area contributed by atoms with Crippen LogP contribution in [0.4, 0.5) is 0 Å². The van der Waals surface area contributed by atoms with Crippen LogP contribution in [0, 0.1) is 50.9 Å². The molecule has 1 fully saturated rings. The summed E-state index contributed by atoms with van der Waals surface area (Å²) in [6.45, 7) is 33.4. The summed E-state index contributed by atoms with van der Waals surface area (Å²) >= 11 is 1.55. The van der Waals surface area contributed by atoms with Gasteiger partial charge >= 0.3 is 41.3 Å².